The molecule has 0 aromatic heterocycles. The lowest BCUT2D eigenvalue weighted by Crippen LogP contribution is -2.00. The van der Waals surface area contributed by atoms with Crippen LogP contribution in [-0.2, 0) is 0 Å². The van der Waals surface area contributed by atoms with E-state index in [-0.39, 0.29) is 5.43 Å². The molecule has 1 heterocycles. The highest BCUT2D eigenvalue weighted by Gasteiger charge is 2.18. The molecule has 0 spiro atoms. The first-order valence-electron chi connectivity index (χ1n) is 8.61. The number of benzene rings is 3. The van der Waals surface area contributed by atoms with Crippen LogP contribution in [0.1, 0.15) is 30.9 Å². The number of hydrogen-bond donors (Lipinski definition) is 0. The van der Waals surface area contributed by atoms with Gasteiger partial charge in [0.25, 0.3) is 0 Å². The lowest BCUT2D eigenvalue weighted by molar-refractivity contribution is 0.618. The van der Waals surface area contributed by atoms with E-state index in [9.17, 15) is 4.79 Å². The van der Waals surface area contributed by atoms with Gasteiger partial charge in [0.2, 0.25) is 0 Å². The van der Waals surface area contributed by atoms with Gasteiger partial charge in [-0.1, -0.05) is 50.2 Å². The third-order valence-electron chi connectivity index (χ3n) is 4.80. The molecule has 0 bridgehead atoms. The van der Waals surface area contributed by atoms with Crippen LogP contribution >= 0.6 is 0 Å². The van der Waals surface area contributed by atoms with E-state index in [2.05, 4.69) is 57.2 Å². The second-order valence-electron chi connectivity index (χ2n) is 6.86. The summed E-state index contributed by atoms with van der Waals surface area (Å²) in [6.07, 6.45) is 0. The standard InChI is InChI=1S/C23H20O2/c1-14(2)16-8-10-19-21(12-16)25-22-13-17(24)9-11-20(22)23(19)18-7-5-4-6-15(18)3/h4-14H,1-3H3. The van der Waals surface area contributed by atoms with E-state index in [0.29, 0.717) is 11.7 Å². The molecule has 0 saturated carbocycles. The Morgan fingerprint density at radius 2 is 1.68 bits per heavy atom. The van der Waals surface area contributed by atoms with Crippen LogP contribution in [0.15, 0.2) is 69.9 Å². The number of rotatable bonds is 2. The summed E-state index contributed by atoms with van der Waals surface area (Å²) in [7, 11) is 0. The normalized spacial score (nSPS) is 11.5. The van der Waals surface area contributed by atoms with Crippen LogP contribution in [0.3, 0.4) is 0 Å². The fourth-order valence-corrected chi connectivity index (χ4v) is 3.39. The zero-order chi connectivity index (χ0) is 17.6. The smallest absolute Gasteiger partial charge is 0.182 e. The topological polar surface area (TPSA) is 30.2 Å². The second kappa shape index (κ2) is 5.89. The van der Waals surface area contributed by atoms with Crippen LogP contribution in [-0.4, -0.2) is 0 Å². The van der Waals surface area contributed by atoms with E-state index in [1.807, 2.05) is 12.1 Å². The number of fused-ring (bicyclic) bond motifs is 2. The predicted molar refractivity (Wildman–Crippen MR) is 103 cm³/mol. The van der Waals surface area contributed by atoms with Crippen molar-refractivity contribution in [3.63, 3.8) is 0 Å². The van der Waals surface area contributed by atoms with E-state index < -0.39 is 0 Å². The van der Waals surface area contributed by atoms with Gasteiger partial charge >= 0.3 is 0 Å². The minimum Gasteiger partial charge on any atom is -0.456 e. The molecule has 0 saturated heterocycles. The summed E-state index contributed by atoms with van der Waals surface area (Å²) in [6.45, 7) is 6.45. The fraction of sp³-hybridized carbons (Fsp3) is 0.174. The molecule has 1 aliphatic carbocycles. The predicted octanol–water partition coefficient (Wildman–Crippen LogP) is 6.00. The zero-order valence-electron chi connectivity index (χ0n) is 14.7. The van der Waals surface area contributed by atoms with Crippen molar-refractivity contribution in [3.8, 4) is 22.5 Å². The molecule has 0 fully saturated rings. The Labute approximate surface area is 147 Å². The van der Waals surface area contributed by atoms with Crippen LogP contribution in [0, 0.1) is 6.92 Å². The van der Waals surface area contributed by atoms with Gasteiger partial charge in [-0.15, -0.1) is 0 Å². The third kappa shape index (κ3) is 2.64. The molecule has 0 N–H and O–H groups in total. The molecule has 0 atom stereocenters. The van der Waals surface area contributed by atoms with Crippen molar-refractivity contribution in [2.45, 2.75) is 26.7 Å². The average Bonchev–Trinajstić information content (AvgIpc) is 2.59. The molecule has 25 heavy (non-hydrogen) atoms. The van der Waals surface area contributed by atoms with E-state index in [4.69, 9.17) is 4.42 Å². The van der Waals surface area contributed by atoms with Crippen LogP contribution in [0.5, 0.6) is 0 Å². The van der Waals surface area contributed by atoms with Crippen LogP contribution in [0.25, 0.3) is 33.4 Å². The van der Waals surface area contributed by atoms with Crippen molar-refractivity contribution >= 4 is 11.0 Å². The van der Waals surface area contributed by atoms with Gasteiger partial charge in [-0.05, 0) is 47.7 Å². The van der Waals surface area contributed by atoms with Gasteiger partial charge in [-0.3, -0.25) is 4.79 Å². The summed E-state index contributed by atoms with van der Waals surface area (Å²) >= 11 is 0. The van der Waals surface area contributed by atoms with Crippen molar-refractivity contribution in [1.82, 2.24) is 0 Å². The van der Waals surface area contributed by atoms with Gasteiger partial charge in [-0.2, -0.15) is 0 Å². The van der Waals surface area contributed by atoms with Gasteiger partial charge < -0.3 is 4.42 Å². The highest BCUT2D eigenvalue weighted by atomic mass is 16.3. The van der Waals surface area contributed by atoms with Crippen molar-refractivity contribution in [1.29, 1.82) is 0 Å². The van der Waals surface area contributed by atoms with Crippen LogP contribution in [0.4, 0.5) is 0 Å². The molecule has 0 unspecified atom stereocenters. The Bertz CT molecular complexity index is 1100. The molecule has 4 rings (SSSR count). The molecule has 1 aliphatic heterocycles. The molecule has 0 amide bonds. The summed E-state index contributed by atoms with van der Waals surface area (Å²) in [5.74, 6) is 1.06. The van der Waals surface area contributed by atoms with E-state index in [1.165, 1.54) is 16.7 Å². The Morgan fingerprint density at radius 1 is 0.880 bits per heavy atom. The van der Waals surface area contributed by atoms with E-state index in [1.54, 1.807) is 12.1 Å². The largest absolute Gasteiger partial charge is 0.456 e. The minimum atomic E-state index is -0.0358. The Hall–Kier alpha value is -2.87. The van der Waals surface area contributed by atoms with Gasteiger partial charge in [-0.25, -0.2) is 0 Å². The first-order valence-corrected chi connectivity index (χ1v) is 8.61. The Kier molecular flexibility index (Phi) is 3.69. The Balaban J connectivity index is 2.17. The molecular formula is C23H20O2. The lowest BCUT2D eigenvalue weighted by Gasteiger charge is -2.17. The van der Waals surface area contributed by atoms with Gasteiger partial charge in [0, 0.05) is 22.6 Å². The van der Waals surface area contributed by atoms with Crippen molar-refractivity contribution in [3.05, 3.63) is 82.0 Å². The van der Waals surface area contributed by atoms with Gasteiger partial charge in [0.1, 0.15) is 11.3 Å². The first-order chi connectivity index (χ1) is 12.0. The monoisotopic (exact) mass is 328 g/mol. The summed E-state index contributed by atoms with van der Waals surface area (Å²) in [6, 6.07) is 19.8. The summed E-state index contributed by atoms with van der Waals surface area (Å²) in [5.41, 5.74) is 6.49. The van der Waals surface area contributed by atoms with Crippen LogP contribution in [0.2, 0.25) is 0 Å². The van der Waals surface area contributed by atoms with Gasteiger partial charge in [0.15, 0.2) is 5.43 Å². The SMILES string of the molecule is Cc1ccccc1-c1c2ccc(=O)cc-2oc2cc(C(C)C)ccc12. The second-order valence-corrected chi connectivity index (χ2v) is 6.86. The van der Waals surface area contributed by atoms with Crippen molar-refractivity contribution in [2.75, 3.05) is 0 Å². The molecule has 2 aliphatic rings. The van der Waals surface area contributed by atoms with E-state index >= 15 is 0 Å². The van der Waals surface area contributed by atoms with Gasteiger partial charge in [0.05, 0.1) is 0 Å². The maximum atomic E-state index is 11.8. The first kappa shape index (κ1) is 15.6. The maximum absolute atomic E-state index is 11.8. The molecule has 2 nitrogen and oxygen atoms in total. The fourth-order valence-electron chi connectivity index (χ4n) is 3.39. The minimum absolute atomic E-state index is 0.0358. The highest BCUT2D eigenvalue weighted by Crippen LogP contribution is 2.41. The molecule has 2 aromatic carbocycles. The molecule has 124 valence electrons. The summed E-state index contributed by atoms with van der Waals surface area (Å²) < 4.78 is 6.12. The molecule has 0 radical (unpaired) electrons. The zero-order valence-corrected chi connectivity index (χ0v) is 14.7. The summed E-state index contributed by atoms with van der Waals surface area (Å²) in [4.78, 5) is 11.8. The Morgan fingerprint density at radius 3 is 2.44 bits per heavy atom. The third-order valence-corrected chi connectivity index (χ3v) is 4.80. The molecular weight excluding hydrogens is 308 g/mol. The number of aryl methyl sites for hydroxylation is 1. The molecule has 2 heteroatoms. The van der Waals surface area contributed by atoms with Crippen molar-refractivity contribution in [2.24, 2.45) is 0 Å². The van der Waals surface area contributed by atoms with Crippen molar-refractivity contribution < 1.29 is 4.42 Å². The number of hydrogen-bond acceptors (Lipinski definition) is 2. The summed E-state index contributed by atoms with van der Waals surface area (Å²) in [5, 5.41) is 1.07. The quantitative estimate of drug-likeness (QED) is 0.423. The van der Waals surface area contributed by atoms with E-state index in [0.717, 1.165) is 22.1 Å². The maximum Gasteiger partial charge on any atom is 0.182 e. The molecule has 2 aromatic rings. The lowest BCUT2D eigenvalue weighted by atomic mass is 9.90. The average molecular weight is 328 g/mol. The van der Waals surface area contributed by atoms with Crippen LogP contribution < -0.4 is 5.43 Å². The highest BCUT2D eigenvalue weighted by molar-refractivity contribution is 6.02.